The molecule has 2 N–H and O–H groups in total. The van der Waals surface area contributed by atoms with E-state index in [0.29, 0.717) is 29.4 Å². The van der Waals surface area contributed by atoms with Gasteiger partial charge in [0.15, 0.2) is 0 Å². The van der Waals surface area contributed by atoms with Gasteiger partial charge in [0.1, 0.15) is 0 Å². The Balaban J connectivity index is 2.15. The SMILES string of the molecule is CCNC(=O)CNC(=O)c1c(C)nn(Cc2ccccc2Cl)c1C. The number of nitrogens with one attached hydrogen (secondary N) is 2. The van der Waals surface area contributed by atoms with Gasteiger partial charge in [0, 0.05) is 17.3 Å². The zero-order chi connectivity index (χ0) is 17.7. The molecule has 128 valence electrons. The molecule has 1 aromatic heterocycles. The van der Waals surface area contributed by atoms with E-state index in [1.54, 1.807) is 11.6 Å². The smallest absolute Gasteiger partial charge is 0.255 e. The van der Waals surface area contributed by atoms with Crippen LogP contribution in [0.25, 0.3) is 0 Å². The van der Waals surface area contributed by atoms with Gasteiger partial charge in [-0.15, -0.1) is 0 Å². The number of aryl methyl sites for hydroxylation is 1. The van der Waals surface area contributed by atoms with E-state index < -0.39 is 0 Å². The maximum atomic E-state index is 12.4. The van der Waals surface area contributed by atoms with Crippen LogP contribution in [0, 0.1) is 13.8 Å². The summed E-state index contributed by atoms with van der Waals surface area (Å²) in [5, 5.41) is 10.3. The minimum Gasteiger partial charge on any atom is -0.355 e. The summed E-state index contributed by atoms with van der Waals surface area (Å²) in [7, 11) is 0. The lowest BCUT2D eigenvalue weighted by Gasteiger charge is -2.08. The molecule has 0 saturated carbocycles. The number of rotatable bonds is 6. The van der Waals surface area contributed by atoms with Crippen molar-refractivity contribution in [3.63, 3.8) is 0 Å². The van der Waals surface area contributed by atoms with E-state index in [1.807, 2.05) is 38.1 Å². The van der Waals surface area contributed by atoms with Gasteiger partial charge < -0.3 is 10.6 Å². The predicted octanol–water partition coefficient (Wildman–Crippen LogP) is 2.07. The molecule has 0 unspecified atom stereocenters. The van der Waals surface area contributed by atoms with Crippen molar-refractivity contribution in [1.29, 1.82) is 0 Å². The highest BCUT2D eigenvalue weighted by molar-refractivity contribution is 6.31. The normalized spacial score (nSPS) is 10.5. The highest BCUT2D eigenvalue weighted by Crippen LogP contribution is 2.19. The Morgan fingerprint density at radius 3 is 2.58 bits per heavy atom. The molecule has 24 heavy (non-hydrogen) atoms. The Bertz CT molecular complexity index is 755. The van der Waals surface area contributed by atoms with Crippen LogP contribution in [-0.4, -0.2) is 34.7 Å². The number of carbonyl (C=O) groups is 2. The van der Waals surface area contributed by atoms with Crippen LogP contribution in [0.3, 0.4) is 0 Å². The Kier molecular flexibility index (Phi) is 5.98. The highest BCUT2D eigenvalue weighted by atomic mass is 35.5. The second kappa shape index (κ2) is 7.97. The summed E-state index contributed by atoms with van der Waals surface area (Å²) in [6.45, 7) is 6.39. The fourth-order valence-corrected chi connectivity index (χ4v) is 2.67. The third kappa shape index (κ3) is 4.14. The van der Waals surface area contributed by atoms with E-state index in [-0.39, 0.29) is 18.4 Å². The molecular weight excluding hydrogens is 328 g/mol. The molecule has 0 saturated heterocycles. The number of nitrogens with zero attached hydrogens (tertiary/aromatic N) is 2. The molecule has 0 spiro atoms. The minimum atomic E-state index is -0.304. The number of aromatic nitrogens is 2. The largest absolute Gasteiger partial charge is 0.355 e. The van der Waals surface area contributed by atoms with Crippen molar-refractivity contribution in [2.24, 2.45) is 0 Å². The number of halogens is 1. The minimum absolute atomic E-state index is 0.0543. The number of benzene rings is 1. The van der Waals surface area contributed by atoms with Gasteiger partial charge >= 0.3 is 0 Å². The summed E-state index contributed by atoms with van der Waals surface area (Å²) in [6, 6.07) is 7.52. The van der Waals surface area contributed by atoms with Crippen LogP contribution >= 0.6 is 11.6 Å². The highest BCUT2D eigenvalue weighted by Gasteiger charge is 2.19. The standard InChI is InChI=1S/C17H21ClN4O2/c1-4-19-15(23)9-20-17(24)16-11(2)21-22(12(16)3)10-13-7-5-6-8-14(13)18/h5-8H,4,9-10H2,1-3H3,(H,19,23)(H,20,24). The molecule has 0 bridgehead atoms. The molecule has 2 aromatic rings. The molecule has 6 nitrogen and oxygen atoms in total. The second-order valence-electron chi connectivity index (χ2n) is 5.43. The predicted molar refractivity (Wildman–Crippen MR) is 93.3 cm³/mol. The quantitative estimate of drug-likeness (QED) is 0.839. The first kappa shape index (κ1) is 18.0. The van der Waals surface area contributed by atoms with Crippen molar-refractivity contribution in [2.75, 3.05) is 13.1 Å². The summed E-state index contributed by atoms with van der Waals surface area (Å²) in [4.78, 5) is 23.8. The molecule has 0 aliphatic carbocycles. The van der Waals surface area contributed by atoms with Crippen LogP contribution in [0.15, 0.2) is 24.3 Å². The molecule has 1 heterocycles. The van der Waals surface area contributed by atoms with Crippen LogP contribution in [0.5, 0.6) is 0 Å². The van der Waals surface area contributed by atoms with Gasteiger partial charge in [0.25, 0.3) is 5.91 Å². The lowest BCUT2D eigenvalue weighted by molar-refractivity contribution is -0.120. The van der Waals surface area contributed by atoms with Gasteiger partial charge in [-0.1, -0.05) is 29.8 Å². The molecular formula is C17H21ClN4O2. The van der Waals surface area contributed by atoms with Crippen molar-refractivity contribution < 1.29 is 9.59 Å². The first-order chi connectivity index (χ1) is 11.4. The summed E-state index contributed by atoms with van der Waals surface area (Å²) < 4.78 is 1.75. The second-order valence-corrected chi connectivity index (χ2v) is 5.84. The monoisotopic (exact) mass is 348 g/mol. The molecule has 2 amide bonds. The van der Waals surface area contributed by atoms with Crippen LogP contribution in [0.2, 0.25) is 5.02 Å². The Morgan fingerprint density at radius 2 is 1.92 bits per heavy atom. The van der Waals surface area contributed by atoms with Gasteiger partial charge in [-0.2, -0.15) is 5.10 Å². The summed E-state index contributed by atoms with van der Waals surface area (Å²) in [5.74, 6) is -0.522. The van der Waals surface area contributed by atoms with Crippen LogP contribution in [0.4, 0.5) is 0 Å². The topological polar surface area (TPSA) is 76.0 Å². The average Bonchev–Trinajstić information content (AvgIpc) is 2.82. The van der Waals surface area contributed by atoms with Crippen molar-refractivity contribution in [3.8, 4) is 0 Å². The van der Waals surface area contributed by atoms with E-state index in [4.69, 9.17) is 11.6 Å². The molecule has 0 atom stereocenters. The van der Waals surface area contributed by atoms with Crippen molar-refractivity contribution >= 4 is 23.4 Å². The van der Waals surface area contributed by atoms with Crippen LogP contribution in [-0.2, 0) is 11.3 Å². The maximum Gasteiger partial charge on any atom is 0.255 e. The van der Waals surface area contributed by atoms with E-state index in [0.717, 1.165) is 11.3 Å². The number of hydrogen-bond donors (Lipinski definition) is 2. The van der Waals surface area contributed by atoms with Crippen molar-refractivity contribution in [1.82, 2.24) is 20.4 Å². The van der Waals surface area contributed by atoms with E-state index in [1.165, 1.54) is 0 Å². The molecule has 0 radical (unpaired) electrons. The average molecular weight is 349 g/mol. The van der Waals surface area contributed by atoms with E-state index in [9.17, 15) is 9.59 Å². The maximum absolute atomic E-state index is 12.4. The first-order valence-corrected chi connectivity index (χ1v) is 8.14. The van der Waals surface area contributed by atoms with Gasteiger partial charge in [0.05, 0.1) is 24.3 Å². The Morgan fingerprint density at radius 1 is 1.21 bits per heavy atom. The van der Waals surface area contributed by atoms with E-state index >= 15 is 0 Å². The molecule has 1 aromatic carbocycles. The van der Waals surface area contributed by atoms with Crippen molar-refractivity contribution in [2.45, 2.75) is 27.3 Å². The third-order valence-corrected chi connectivity index (χ3v) is 4.04. The zero-order valence-electron chi connectivity index (χ0n) is 14.0. The summed E-state index contributed by atoms with van der Waals surface area (Å²) >= 11 is 6.19. The lowest BCUT2D eigenvalue weighted by Crippen LogP contribution is -2.37. The van der Waals surface area contributed by atoms with Gasteiger partial charge in [-0.05, 0) is 32.4 Å². The summed E-state index contributed by atoms with van der Waals surface area (Å²) in [6.07, 6.45) is 0. The molecule has 0 fully saturated rings. The van der Waals surface area contributed by atoms with Crippen molar-refractivity contribution in [3.05, 3.63) is 51.8 Å². The van der Waals surface area contributed by atoms with Crippen LogP contribution in [0.1, 0.15) is 34.2 Å². The molecule has 2 rings (SSSR count). The van der Waals surface area contributed by atoms with E-state index in [2.05, 4.69) is 15.7 Å². The Hall–Kier alpha value is -2.34. The van der Waals surface area contributed by atoms with Gasteiger partial charge in [-0.3, -0.25) is 14.3 Å². The lowest BCUT2D eigenvalue weighted by atomic mass is 10.1. The first-order valence-electron chi connectivity index (χ1n) is 7.76. The van der Waals surface area contributed by atoms with Gasteiger partial charge in [0.2, 0.25) is 5.91 Å². The number of likely N-dealkylation sites (N-methyl/N-ethyl adjacent to an activating group) is 1. The fraction of sp³-hybridized carbons (Fsp3) is 0.353. The Labute approximate surface area is 146 Å². The zero-order valence-corrected chi connectivity index (χ0v) is 14.8. The van der Waals surface area contributed by atoms with Crippen LogP contribution < -0.4 is 10.6 Å². The molecule has 0 aliphatic heterocycles. The number of hydrogen-bond acceptors (Lipinski definition) is 3. The third-order valence-electron chi connectivity index (χ3n) is 3.67. The number of amides is 2. The summed E-state index contributed by atoms with van der Waals surface area (Å²) in [5.41, 5.74) is 2.78. The van der Waals surface area contributed by atoms with Gasteiger partial charge in [-0.25, -0.2) is 0 Å². The molecule has 0 aliphatic rings. The number of carbonyl (C=O) groups excluding carboxylic acids is 2. The fourth-order valence-electron chi connectivity index (χ4n) is 2.48. The molecule has 7 heteroatoms.